The minimum atomic E-state index is -0.396. The average molecular weight is 241 g/mol. The van der Waals surface area contributed by atoms with Crippen molar-refractivity contribution in [1.29, 1.82) is 0 Å². The minimum absolute atomic E-state index is 0.132. The van der Waals surface area contributed by atoms with Crippen LogP contribution in [0.4, 0.5) is 0 Å². The molecule has 1 aliphatic carbocycles. The van der Waals surface area contributed by atoms with Gasteiger partial charge in [0.25, 0.3) is 5.89 Å². The SMILES string of the molecule is COC1(c2noc(CON)n2)CCCCCC1. The molecule has 1 aliphatic rings. The molecule has 0 aromatic carbocycles. The molecule has 1 saturated carbocycles. The molecule has 1 fully saturated rings. The molecule has 1 aromatic heterocycles. The summed E-state index contributed by atoms with van der Waals surface area (Å²) in [6.07, 6.45) is 6.61. The maximum atomic E-state index is 5.68. The summed E-state index contributed by atoms with van der Waals surface area (Å²) >= 11 is 0. The van der Waals surface area contributed by atoms with Crippen molar-refractivity contribution in [2.75, 3.05) is 7.11 Å². The van der Waals surface area contributed by atoms with Crippen LogP contribution in [0.3, 0.4) is 0 Å². The third kappa shape index (κ3) is 2.65. The Morgan fingerprint density at radius 1 is 1.29 bits per heavy atom. The molecule has 1 heterocycles. The van der Waals surface area contributed by atoms with Crippen molar-refractivity contribution < 1.29 is 14.1 Å². The van der Waals surface area contributed by atoms with Crippen molar-refractivity contribution in [1.82, 2.24) is 10.1 Å². The van der Waals surface area contributed by atoms with Gasteiger partial charge >= 0.3 is 0 Å². The molecule has 17 heavy (non-hydrogen) atoms. The van der Waals surface area contributed by atoms with Crippen LogP contribution in [0.15, 0.2) is 4.52 Å². The first kappa shape index (κ1) is 12.5. The van der Waals surface area contributed by atoms with Crippen LogP contribution in [0, 0.1) is 0 Å². The number of aromatic nitrogens is 2. The highest BCUT2D eigenvalue weighted by atomic mass is 16.6. The third-order valence-electron chi connectivity index (χ3n) is 3.38. The molecule has 6 nitrogen and oxygen atoms in total. The molecule has 0 unspecified atom stereocenters. The molecule has 1 aromatic rings. The van der Waals surface area contributed by atoms with Gasteiger partial charge < -0.3 is 9.26 Å². The van der Waals surface area contributed by atoms with Gasteiger partial charge in [0, 0.05) is 7.11 Å². The van der Waals surface area contributed by atoms with Crippen molar-refractivity contribution in [3.05, 3.63) is 11.7 Å². The molecular formula is C11H19N3O3. The predicted octanol–water partition coefficient (Wildman–Crippen LogP) is 1.66. The lowest BCUT2D eigenvalue weighted by molar-refractivity contribution is -0.0365. The highest BCUT2D eigenvalue weighted by Crippen LogP contribution is 2.37. The van der Waals surface area contributed by atoms with E-state index in [0.29, 0.717) is 11.7 Å². The standard InChI is InChI=1S/C11H19N3O3/c1-15-11(6-4-2-3-5-7-11)10-13-9(8-16-12)17-14-10/h2-8,12H2,1H3. The normalized spacial score (nSPS) is 20.1. The Bertz CT molecular complexity index is 345. The Morgan fingerprint density at radius 3 is 2.59 bits per heavy atom. The molecule has 0 radical (unpaired) electrons. The zero-order valence-corrected chi connectivity index (χ0v) is 10.1. The zero-order valence-electron chi connectivity index (χ0n) is 10.1. The number of rotatable bonds is 4. The van der Waals surface area contributed by atoms with Crippen molar-refractivity contribution in [3.8, 4) is 0 Å². The average Bonchev–Trinajstić information content (AvgIpc) is 2.68. The number of methoxy groups -OCH3 is 1. The van der Waals surface area contributed by atoms with Crippen molar-refractivity contribution in [3.63, 3.8) is 0 Å². The second kappa shape index (κ2) is 5.57. The Morgan fingerprint density at radius 2 is 2.00 bits per heavy atom. The van der Waals surface area contributed by atoms with E-state index in [1.165, 1.54) is 12.8 Å². The summed E-state index contributed by atoms with van der Waals surface area (Å²) < 4.78 is 10.8. The van der Waals surface area contributed by atoms with Crippen LogP contribution in [0.1, 0.15) is 50.2 Å². The summed E-state index contributed by atoms with van der Waals surface area (Å²) in [5.41, 5.74) is -0.396. The van der Waals surface area contributed by atoms with Gasteiger partial charge in [0.15, 0.2) is 0 Å². The van der Waals surface area contributed by atoms with Gasteiger partial charge in [-0.15, -0.1) is 0 Å². The van der Waals surface area contributed by atoms with Gasteiger partial charge in [0.05, 0.1) is 0 Å². The number of hydrogen-bond acceptors (Lipinski definition) is 6. The smallest absolute Gasteiger partial charge is 0.254 e. The highest BCUT2D eigenvalue weighted by Gasteiger charge is 2.37. The van der Waals surface area contributed by atoms with Gasteiger partial charge in [0.2, 0.25) is 5.82 Å². The van der Waals surface area contributed by atoms with Crippen molar-refractivity contribution in [2.24, 2.45) is 5.90 Å². The first-order valence-electron chi connectivity index (χ1n) is 6.00. The summed E-state index contributed by atoms with van der Waals surface area (Å²) in [6, 6.07) is 0. The maximum Gasteiger partial charge on any atom is 0.254 e. The molecule has 0 bridgehead atoms. The van der Waals surface area contributed by atoms with Crippen LogP contribution < -0.4 is 5.90 Å². The first-order valence-corrected chi connectivity index (χ1v) is 6.00. The molecule has 0 saturated heterocycles. The second-order valence-electron chi connectivity index (χ2n) is 4.44. The van der Waals surface area contributed by atoms with Gasteiger partial charge in [0.1, 0.15) is 12.2 Å². The fourth-order valence-electron chi connectivity index (χ4n) is 2.39. The molecule has 2 N–H and O–H groups in total. The molecular weight excluding hydrogens is 222 g/mol. The Hall–Kier alpha value is -0.980. The third-order valence-corrected chi connectivity index (χ3v) is 3.38. The van der Waals surface area contributed by atoms with Crippen LogP contribution in [0.2, 0.25) is 0 Å². The van der Waals surface area contributed by atoms with Gasteiger partial charge in [-0.25, -0.2) is 5.90 Å². The number of ether oxygens (including phenoxy) is 1. The lowest BCUT2D eigenvalue weighted by atomic mass is 9.93. The van der Waals surface area contributed by atoms with Crippen molar-refractivity contribution >= 4 is 0 Å². The largest absolute Gasteiger partial charge is 0.370 e. The van der Waals surface area contributed by atoms with Crippen LogP contribution in [-0.4, -0.2) is 17.3 Å². The molecule has 0 aliphatic heterocycles. The summed E-state index contributed by atoms with van der Waals surface area (Å²) in [4.78, 5) is 8.78. The summed E-state index contributed by atoms with van der Waals surface area (Å²) in [6.45, 7) is 0.132. The topological polar surface area (TPSA) is 83.4 Å². The van der Waals surface area contributed by atoms with Gasteiger partial charge in [-0.2, -0.15) is 4.98 Å². The predicted molar refractivity (Wildman–Crippen MR) is 59.7 cm³/mol. The monoisotopic (exact) mass is 241 g/mol. The Labute approximate surface area is 100 Å². The van der Waals surface area contributed by atoms with Crippen LogP contribution in [-0.2, 0) is 21.8 Å². The minimum Gasteiger partial charge on any atom is -0.370 e. The van der Waals surface area contributed by atoms with Crippen LogP contribution in [0.5, 0.6) is 0 Å². The maximum absolute atomic E-state index is 5.68. The second-order valence-corrected chi connectivity index (χ2v) is 4.44. The highest BCUT2D eigenvalue weighted by molar-refractivity contribution is 5.02. The van der Waals surface area contributed by atoms with E-state index in [0.717, 1.165) is 25.7 Å². The summed E-state index contributed by atoms with van der Waals surface area (Å²) in [5, 5.41) is 4.00. The fourth-order valence-corrected chi connectivity index (χ4v) is 2.39. The van der Waals surface area contributed by atoms with E-state index in [1.807, 2.05) is 0 Å². The number of nitrogens with two attached hydrogens (primary N) is 1. The Balaban J connectivity index is 2.19. The molecule has 0 atom stereocenters. The molecule has 96 valence electrons. The molecule has 6 heteroatoms. The fraction of sp³-hybridized carbons (Fsp3) is 0.818. The van der Waals surface area contributed by atoms with E-state index in [1.54, 1.807) is 7.11 Å². The Kier molecular flexibility index (Phi) is 4.09. The van der Waals surface area contributed by atoms with Gasteiger partial charge in [-0.3, -0.25) is 4.84 Å². The van der Waals surface area contributed by atoms with E-state index < -0.39 is 5.60 Å². The van der Waals surface area contributed by atoms with E-state index in [2.05, 4.69) is 15.0 Å². The van der Waals surface area contributed by atoms with Gasteiger partial charge in [-0.05, 0) is 12.8 Å². The van der Waals surface area contributed by atoms with E-state index in [4.69, 9.17) is 15.2 Å². The quantitative estimate of drug-likeness (QED) is 0.637. The van der Waals surface area contributed by atoms with E-state index >= 15 is 0 Å². The van der Waals surface area contributed by atoms with Gasteiger partial charge in [-0.1, -0.05) is 30.8 Å². The lowest BCUT2D eigenvalue weighted by Gasteiger charge is -2.27. The lowest BCUT2D eigenvalue weighted by Crippen LogP contribution is -2.29. The summed E-state index contributed by atoms with van der Waals surface area (Å²) in [7, 11) is 1.71. The molecule has 0 amide bonds. The van der Waals surface area contributed by atoms with E-state index in [9.17, 15) is 0 Å². The molecule has 0 spiro atoms. The zero-order chi connectivity index (χ0) is 12.1. The summed E-state index contributed by atoms with van der Waals surface area (Å²) in [5.74, 6) is 5.99. The number of nitrogens with zero attached hydrogens (tertiary/aromatic N) is 2. The first-order chi connectivity index (χ1) is 8.30. The van der Waals surface area contributed by atoms with E-state index in [-0.39, 0.29) is 6.61 Å². The van der Waals surface area contributed by atoms with Crippen LogP contribution >= 0.6 is 0 Å². The van der Waals surface area contributed by atoms with Crippen LogP contribution in [0.25, 0.3) is 0 Å². The van der Waals surface area contributed by atoms with Crippen molar-refractivity contribution in [2.45, 2.75) is 50.7 Å². The molecule has 2 rings (SSSR count). The number of hydrogen-bond donors (Lipinski definition) is 1.